The van der Waals surface area contributed by atoms with E-state index in [9.17, 15) is 4.79 Å². The van der Waals surface area contributed by atoms with Crippen molar-refractivity contribution in [1.82, 2.24) is 10.6 Å². The van der Waals surface area contributed by atoms with Crippen LogP contribution in [0, 0.1) is 0 Å². The van der Waals surface area contributed by atoms with Gasteiger partial charge in [-0.15, -0.1) is 0 Å². The highest BCUT2D eigenvalue weighted by Crippen LogP contribution is 2.39. The molecule has 132 valence electrons. The van der Waals surface area contributed by atoms with Crippen LogP contribution >= 0.6 is 12.2 Å². The molecule has 2 aliphatic rings. The molecule has 5 heteroatoms. The molecule has 2 aromatic rings. The predicted octanol–water partition coefficient (Wildman–Crippen LogP) is 3.61. The van der Waals surface area contributed by atoms with Crippen LogP contribution in [0.15, 0.2) is 65.9 Å². The maximum atomic E-state index is 13.0. The summed E-state index contributed by atoms with van der Waals surface area (Å²) in [4.78, 5) is 13.0. The molecule has 4 rings (SSSR count). The van der Waals surface area contributed by atoms with Crippen molar-refractivity contribution in [3.63, 3.8) is 0 Å². The SMILES string of the molecule is COc1ccc([C@H]2CC(=O)C3=C(C2)NC(=S)N[C@@H]3c2ccccc2)cc1. The molecule has 2 atom stereocenters. The Balaban J connectivity index is 1.67. The van der Waals surface area contributed by atoms with Crippen molar-refractivity contribution in [2.24, 2.45) is 0 Å². The van der Waals surface area contributed by atoms with E-state index in [0.717, 1.165) is 34.6 Å². The lowest BCUT2D eigenvalue weighted by Gasteiger charge is -2.36. The first kappa shape index (κ1) is 16.8. The van der Waals surface area contributed by atoms with Crippen molar-refractivity contribution in [3.05, 3.63) is 77.0 Å². The number of methoxy groups -OCH3 is 1. The van der Waals surface area contributed by atoms with Gasteiger partial charge < -0.3 is 15.4 Å². The Hall–Kier alpha value is -2.66. The summed E-state index contributed by atoms with van der Waals surface area (Å²) in [5.41, 5.74) is 3.96. The monoisotopic (exact) mass is 364 g/mol. The fourth-order valence-electron chi connectivity index (χ4n) is 3.77. The molecule has 26 heavy (non-hydrogen) atoms. The number of rotatable bonds is 3. The lowest BCUT2D eigenvalue weighted by Crippen LogP contribution is -2.47. The third-order valence-electron chi connectivity index (χ3n) is 5.06. The first-order chi connectivity index (χ1) is 12.7. The summed E-state index contributed by atoms with van der Waals surface area (Å²) < 4.78 is 5.23. The van der Waals surface area contributed by atoms with Crippen LogP contribution in [-0.4, -0.2) is 18.0 Å². The van der Waals surface area contributed by atoms with Gasteiger partial charge in [0.1, 0.15) is 5.75 Å². The van der Waals surface area contributed by atoms with Gasteiger partial charge in [0.05, 0.1) is 13.2 Å². The largest absolute Gasteiger partial charge is 0.497 e. The number of ketones is 1. The van der Waals surface area contributed by atoms with E-state index in [1.165, 1.54) is 0 Å². The van der Waals surface area contributed by atoms with Gasteiger partial charge in [-0.1, -0.05) is 42.5 Å². The Morgan fingerprint density at radius 3 is 2.42 bits per heavy atom. The second kappa shape index (κ2) is 6.92. The number of nitrogens with one attached hydrogen (secondary N) is 2. The van der Waals surface area contributed by atoms with E-state index < -0.39 is 0 Å². The predicted molar refractivity (Wildman–Crippen MR) is 105 cm³/mol. The highest BCUT2D eigenvalue weighted by atomic mass is 32.1. The van der Waals surface area contributed by atoms with Gasteiger partial charge in [0.2, 0.25) is 0 Å². The number of carbonyl (C=O) groups excluding carboxylic acids is 1. The number of hydrogen-bond donors (Lipinski definition) is 2. The molecule has 0 bridgehead atoms. The van der Waals surface area contributed by atoms with Gasteiger partial charge in [0, 0.05) is 17.7 Å². The molecule has 2 aromatic carbocycles. The highest BCUT2D eigenvalue weighted by Gasteiger charge is 2.36. The molecule has 0 radical (unpaired) electrons. The molecule has 0 unspecified atom stereocenters. The molecule has 1 aliphatic carbocycles. The third-order valence-corrected chi connectivity index (χ3v) is 5.28. The van der Waals surface area contributed by atoms with E-state index in [2.05, 4.69) is 10.6 Å². The van der Waals surface area contributed by atoms with Crippen molar-refractivity contribution in [2.75, 3.05) is 7.11 Å². The number of thiocarbonyl (C=S) groups is 1. The molecule has 1 heterocycles. The zero-order chi connectivity index (χ0) is 18.1. The minimum absolute atomic E-state index is 0.150. The molecule has 0 aromatic heterocycles. The summed E-state index contributed by atoms with van der Waals surface area (Å²) in [7, 11) is 1.65. The molecule has 4 nitrogen and oxygen atoms in total. The number of hydrogen-bond acceptors (Lipinski definition) is 3. The smallest absolute Gasteiger partial charge is 0.171 e. The first-order valence-corrected chi connectivity index (χ1v) is 9.09. The zero-order valence-electron chi connectivity index (χ0n) is 14.5. The molecular formula is C21H20N2O2S. The second-order valence-electron chi connectivity index (χ2n) is 6.64. The van der Waals surface area contributed by atoms with E-state index >= 15 is 0 Å². The fourth-order valence-corrected chi connectivity index (χ4v) is 4.01. The lowest BCUT2D eigenvalue weighted by molar-refractivity contribution is -0.116. The Labute approximate surface area is 158 Å². The van der Waals surface area contributed by atoms with Crippen LogP contribution in [-0.2, 0) is 4.79 Å². The number of carbonyl (C=O) groups is 1. The molecule has 0 amide bonds. The average molecular weight is 364 g/mol. The van der Waals surface area contributed by atoms with Crippen molar-refractivity contribution in [2.45, 2.75) is 24.8 Å². The van der Waals surface area contributed by atoms with Crippen LogP contribution in [0.3, 0.4) is 0 Å². The van der Waals surface area contributed by atoms with Gasteiger partial charge in [0.15, 0.2) is 10.9 Å². The van der Waals surface area contributed by atoms with Crippen LogP contribution in [0.2, 0.25) is 0 Å². The Kier molecular flexibility index (Phi) is 4.47. The van der Waals surface area contributed by atoms with Crippen molar-refractivity contribution in [3.8, 4) is 5.75 Å². The zero-order valence-corrected chi connectivity index (χ0v) is 15.3. The van der Waals surface area contributed by atoms with Crippen LogP contribution in [0.25, 0.3) is 0 Å². The molecule has 0 saturated carbocycles. The summed E-state index contributed by atoms with van der Waals surface area (Å²) in [5.74, 6) is 1.14. The van der Waals surface area contributed by atoms with Gasteiger partial charge in [0.25, 0.3) is 0 Å². The molecule has 0 saturated heterocycles. The summed E-state index contributed by atoms with van der Waals surface area (Å²) in [5, 5.41) is 7.05. The molecule has 1 aliphatic heterocycles. The Morgan fingerprint density at radius 1 is 1.00 bits per heavy atom. The van der Waals surface area contributed by atoms with E-state index in [-0.39, 0.29) is 17.7 Å². The van der Waals surface area contributed by atoms with Crippen molar-refractivity contribution in [1.29, 1.82) is 0 Å². The third kappa shape index (κ3) is 3.10. The second-order valence-corrected chi connectivity index (χ2v) is 7.04. The summed E-state index contributed by atoms with van der Waals surface area (Å²) in [6.45, 7) is 0. The van der Waals surface area contributed by atoms with Gasteiger partial charge in [-0.3, -0.25) is 4.79 Å². The maximum Gasteiger partial charge on any atom is 0.171 e. The van der Waals surface area contributed by atoms with Gasteiger partial charge >= 0.3 is 0 Å². The van der Waals surface area contributed by atoms with Gasteiger partial charge in [-0.05, 0) is 47.8 Å². The number of allylic oxidation sites excluding steroid dienone is 1. The van der Waals surface area contributed by atoms with Crippen LogP contribution < -0.4 is 15.4 Å². The van der Waals surface area contributed by atoms with Crippen LogP contribution in [0.4, 0.5) is 0 Å². The molecule has 2 N–H and O–H groups in total. The van der Waals surface area contributed by atoms with Crippen molar-refractivity contribution >= 4 is 23.1 Å². The van der Waals surface area contributed by atoms with E-state index in [0.29, 0.717) is 11.5 Å². The summed E-state index contributed by atoms with van der Waals surface area (Å²) in [6.07, 6.45) is 1.28. The standard InChI is InChI=1S/C21H20N2O2S/c1-25-16-9-7-13(8-10-16)15-11-17-19(18(24)12-15)20(23-21(26)22-17)14-5-3-2-4-6-14/h2-10,15,20H,11-12H2,1H3,(H2,22,23,26)/t15-,20-/m1/s1. The Morgan fingerprint density at radius 2 is 1.73 bits per heavy atom. The molecule has 0 spiro atoms. The fraction of sp³-hybridized carbons (Fsp3) is 0.238. The van der Waals surface area contributed by atoms with Gasteiger partial charge in [-0.25, -0.2) is 0 Å². The average Bonchev–Trinajstić information content (AvgIpc) is 2.67. The van der Waals surface area contributed by atoms with Crippen LogP contribution in [0.1, 0.15) is 35.9 Å². The summed E-state index contributed by atoms with van der Waals surface area (Å²) in [6, 6.07) is 17.8. The first-order valence-electron chi connectivity index (χ1n) is 8.68. The minimum atomic E-state index is -0.177. The molecule has 0 fully saturated rings. The van der Waals surface area contributed by atoms with Crippen molar-refractivity contribution < 1.29 is 9.53 Å². The van der Waals surface area contributed by atoms with E-state index in [4.69, 9.17) is 17.0 Å². The minimum Gasteiger partial charge on any atom is -0.497 e. The Bertz CT molecular complexity index is 875. The lowest BCUT2D eigenvalue weighted by atomic mass is 9.78. The quantitative estimate of drug-likeness (QED) is 0.815. The molecular weight excluding hydrogens is 344 g/mol. The normalized spacial score (nSPS) is 22.3. The topological polar surface area (TPSA) is 50.4 Å². The van der Waals surface area contributed by atoms with Gasteiger partial charge in [-0.2, -0.15) is 0 Å². The van der Waals surface area contributed by atoms with E-state index in [1.807, 2.05) is 54.6 Å². The van der Waals surface area contributed by atoms with Crippen LogP contribution in [0.5, 0.6) is 5.75 Å². The number of ether oxygens (including phenoxy) is 1. The maximum absolute atomic E-state index is 13.0. The summed E-state index contributed by atoms with van der Waals surface area (Å²) >= 11 is 5.39. The van der Waals surface area contributed by atoms with E-state index in [1.54, 1.807) is 7.11 Å². The highest BCUT2D eigenvalue weighted by molar-refractivity contribution is 7.80. The number of Topliss-reactive ketones (excluding diaryl/α,β-unsaturated/α-hetero) is 1. The number of benzene rings is 2.